The number of carbonyl (C=O) groups is 1. The fourth-order valence-electron chi connectivity index (χ4n) is 2.14. The Kier molecular flexibility index (Phi) is 7.58. The minimum absolute atomic E-state index is 0.267. The van der Waals surface area contributed by atoms with Crippen LogP contribution in [0.5, 0.6) is 0 Å². The molecule has 1 atom stereocenters. The zero-order valence-electron chi connectivity index (χ0n) is 15.0. The van der Waals surface area contributed by atoms with Gasteiger partial charge in [-0.15, -0.1) is 0 Å². The van der Waals surface area contributed by atoms with Crippen LogP contribution in [-0.2, 0) is 17.8 Å². The number of aromatic nitrogens is 1. The summed E-state index contributed by atoms with van der Waals surface area (Å²) in [6.45, 7) is 12.4. The van der Waals surface area contributed by atoms with Crippen molar-refractivity contribution in [1.82, 2.24) is 14.8 Å². The maximum absolute atomic E-state index is 12.2. The highest BCUT2D eigenvalue weighted by Crippen LogP contribution is 2.10. The van der Waals surface area contributed by atoms with Crippen molar-refractivity contribution in [3.8, 4) is 0 Å². The predicted octanol–water partition coefficient (Wildman–Crippen LogP) is 2.22. The number of ether oxygens (including phenoxy) is 1. The number of rotatable bonds is 8. The molecule has 0 fully saturated rings. The SMILES string of the molecule is CCn1ccc(CNCCN(CC(C)O)C(=O)OC(C)(C)C)c1. The second-order valence-electron chi connectivity index (χ2n) is 6.80. The van der Waals surface area contributed by atoms with Crippen molar-refractivity contribution < 1.29 is 14.6 Å². The van der Waals surface area contributed by atoms with Crippen molar-refractivity contribution in [1.29, 1.82) is 0 Å². The summed E-state index contributed by atoms with van der Waals surface area (Å²) in [5, 5.41) is 12.9. The number of carbonyl (C=O) groups excluding carboxylic acids is 1. The molecule has 6 heteroatoms. The Morgan fingerprint density at radius 1 is 1.48 bits per heavy atom. The second-order valence-corrected chi connectivity index (χ2v) is 6.80. The first-order valence-corrected chi connectivity index (χ1v) is 8.22. The summed E-state index contributed by atoms with van der Waals surface area (Å²) in [4.78, 5) is 13.7. The first kappa shape index (κ1) is 19.5. The van der Waals surface area contributed by atoms with E-state index in [1.807, 2.05) is 20.8 Å². The molecule has 1 aromatic rings. The lowest BCUT2D eigenvalue weighted by Crippen LogP contribution is -2.43. The molecule has 0 saturated heterocycles. The molecule has 0 aliphatic rings. The summed E-state index contributed by atoms with van der Waals surface area (Å²) in [7, 11) is 0. The molecule has 0 spiro atoms. The Balaban J connectivity index is 2.42. The topological polar surface area (TPSA) is 66.7 Å². The molecule has 0 aliphatic heterocycles. The van der Waals surface area contributed by atoms with Gasteiger partial charge >= 0.3 is 6.09 Å². The smallest absolute Gasteiger partial charge is 0.410 e. The van der Waals surface area contributed by atoms with Crippen LogP contribution in [0.3, 0.4) is 0 Å². The van der Waals surface area contributed by atoms with Gasteiger partial charge in [-0.25, -0.2) is 4.79 Å². The highest BCUT2D eigenvalue weighted by atomic mass is 16.6. The van der Waals surface area contributed by atoms with E-state index in [0.29, 0.717) is 13.1 Å². The Labute approximate surface area is 139 Å². The van der Waals surface area contributed by atoms with Crippen molar-refractivity contribution in [2.45, 2.75) is 59.4 Å². The average Bonchev–Trinajstić information content (AvgIpc) is 2.87. The van der Waals surface area contributed by atoms with Gasteiger partial charge < -0.3 is 24.6 Å². The number of aliphatic hydroxyl groups excluding tert-OH is 1. The van der Waals surface area contributed by atoms with E-state index in [9.17, 15) is 9.90 Å². The normalized spacial score (nSPS) is 13.0. The average molecular weight is 325 g/mol. The van der Waals surface area contributed by atoms with Crippen LogP contribution in [0, 0.1) is 0 Å². The Hall–Kier alpha value is -1.53. The molecule has 1 aromatic heterocycles. The number of nitrogens with one attached hydrogen (secondary N) is 1. The van der Waals surface area contributed by atoms with Gasteiger partial charge in [-0.05, 0) is 46.2 Å². The van der Waals surface area contributed by atoms with Crippen LogP contribution in [-0.4, -0.2) is 52.0 Å². The molecule has 1 heterocycles. The van der Waals surface area contributed by atoms with E-state index in [0.717, 1.165) is 13.1 Å². The van der Waals surface area contributed by atoms with Crippen LogP contribution in [0.2, 0.25) is 0 Å². The number of aryl methyl sites for hydroxylation is 1. The summed E-state index contributed by atoms with van der Waals surface area (Å²) in [6, 6.07) is 2.08. The number of amides is 1. The monoisotopic (exact) mass is 325 g/mol. The fourth-order valence-corrected chi connectivity index (χ4v) is 2.14. The van der Waals surface area contributed by atoms with E-state index in [1.54, 1.807) is 11.8 Å². The summed E-state index contributed by atoms with van der Waals surface area (Å²) in [5.41, 5.74) is 0.677. The van der Waals surface area contributed by atoms with Crippen molar-refractivity contribution in [3.63, 3.8) is 0 Å². The largest absolute Gasteiger partial charge is 0.444 e. The van der Waals surface area contributed by atoms with Crippen LogP contribution in [0.4, 0.5) is 4.79 Å². The predicted molar refractivity (Wildman–Crippen MR) is 91.3 cm³/mol. The summed E-state index contributed by atoms with van der Waals surface area (Å²) >= 11 is 0. The van der Waals surface area contributed by atoms with Crippen LogP contribution in [0.1, 0.15) is 40.2 Å². The van der Waals surface area contributed by atoms with E-state index in [1.165, 1.54) is 5.56 Å². The third-order valence-electron chi connectivity index (χ3n) is 3.20. The molecule has 2 N–H and O–H groups in total. The first-order chi connectivity index (χ1) is 10.7. The van der Waals surface area contributed by atoms with Crippen LogP contribution in [0.15, 0.2) is 18.5 Å². The van der Waals surface area contributed by atoms with Crippen molar-refractivity contribution >= 4 is 6.09 Å². The van der Waals surface area contributed by atoms with Gasteiger partial charge in [0.2, 0.25) is 0 Å². The molecule has 0 bridgehead atoms. The van der Waals surface area contributed by atoms with Crippen molar-refractivity contribution in [3.05, 3.63) is 24.0 Å². The number of hydrogen-bond donors (Lipinski definition) is 2. The van der Waals surface area contributed by atoms with Crippen LogP contribution in [0.25, 0.3) is 0 Å². The fraction of sp³-hybridized carbons (Fsp3) is 0.706. The molecule has 1 unspecified atom stereocenters. The molecule has 1 amide bonds. The molecular formula is C17H31N3O3. The molecule has 0 aromatic carbocycles. The van der Waals surface area contributed by atoms with Gasteiger partial charge in [-0.3, -0.25) is 0 Å². The lowest BCUT2D eigenvalue weighted by molar-refractivity contribution is 0.0164. The highest BCUT2D eigenvalue weighted by molar-refractivity contribution is 5.68. The van der Waals surface area contributed by atoms with Gasteiger partial charge in [0, 0.05) is 45.1 Å². The molecular weight excluding hydrogens is 294 g/mol. The molecule has 23 heavy (non-hydrogen) atoms. The van der Waals surface area contributed by atoms with Crippen molar-refractivity contribution in [2.75, 3.05) is 19.6 Å². The summed E-state index contributed by atoms with van der Waals surface area (Å²) in [5.74, 6) is 0. The standard InChI is InChI=1S/C17H31N3O3/c1-6-19-9-7-15(13-19)11-18-8-10-20(12-14(2)21)16(22)23-17(3,4)5/h7,9,13-14,18,21H,6,8,10-12H2,1-5H3. The molecule has 0 aliphatic carbocycles. The third-order valence-corrected chi connectivity index (χ3v) is 3.20. The quantitative estimate of drug-likeness (QED) is 0.719. The van der Waals surface area contributed by atoms with Gasteiger partial charge in [0.05, 0.1) is 6.10 Å². The minimum atomic E-state index is -0.582. The maximum atomic E-state index is 12.2. The zero-order chi connectivity index (χ0) is 17.5. The zero-order valence-corrected chi connectivity index (χ0v) is 15.0. The third kappa shape index (κ3) is 8.04. The van der Waals surface area contributed by atoms with Gasteiger partial charge in [0.1, 0.15) is 5.60 Å². The van der Waals surface area contributed by atoms with E-state index in [4.69, 9.17) is 4.74 Å². The molecule has 6 nitrogen and oxygen atoms in total. The lowest BCUT2D eigenvalue weighted by Gasteiger charge is -2.28. The van der Waals surface area contributed by atoms with E-state index < -0.39 is 17.8 Å². The van der Waals surface area contributed by atoms with Crippen LogP contribution >= 0.6 is 0 Å². The summed E-state index contributed by atoms with van der Waals surface area (Å²) in [6.07, 6.45) is 3.18. The van der Waals surface area contributed by atoms with Gasteiger partial charge in [0.15, 0.2) is 0 Å². The molecule has 1 rings (SSSR count). The van der Waals surface area contributed by atoms with Gasteiger partial charge in [0.25, 0.3) is 0 Å². The van der Waals surface area contributed by atoms with E-state index in [-0.39, 0.29) is 6.54 Å². The number of hydrogen-bond acceptors (Lipinski definition) is 4. The van der Waals surface area contributed by atoms with E-state index >= 15 is 0 Å². The number of nitrogens with zero attached hydrogens (tertiary/aromatic N) is 2. The lowest BCUT2D eigenvalue weighted by atomic mass is 10.2. The minimum Gasteiger partial charge on any atom is -0.444 e. The Bertz CT molecular complexity index is 478. The Morgan fingerprint density at radius 2 is 2.17 bits per heavy atom. The van der Waals surface area contributed by atoms with Crippen molar-refractivity contribution in [2.24, 2.45) is 0 Å². The second kappa shape index (κ2) is 8.93. The molecule has 0 radical (unpaired) electrons. The van der Waals surface area contributed by atoms with Crippen LogP contribution < -0.4 is 5.32 Å². The highest BCUT2D eigenvalue weighted by Gasteiger charge is 2.22. The summed E-state index contributed by atoms with van der Waals surface area (Å²) < 4.78 is 7.50. The van der Waals surface area contributed by atoms with Gasteiger partial charge in [-0.1, -0.05) is 0 Å². The van der Waals surface area contributed by atoms with E-state index in [2.05, 4.69) is 35.3 Å². The molecule has 132 valence electrons. The maximum Gasteiger partial charge on any atom is 0.410 e. The van der Waals surface area contributed by atoms with Gasteiger partial charge in [-0.2, -0.15) is 0 Å². The number of aliphatic hydroxyl groups is 1. The first-order valence-electron chi connectivity index (χ1n) is 8.22. The Morgan fingerprint density at radius 3 is 2.70 bits per heavy atom. The molecule has 0 saturated carbocycles.